The molecule has 0 atom stereocenters. The number of ether oxygens (including phenoxy) is 2. The van der Waals surface area contributed by atoms with Crippen LogP contribution in [0, 0.1) is 0 Å². The molecule has 0 unspecified atom stereocenters. The summed E-state index contributed by atoms with van der Waals surface area (Å²) in [6.45, 7) is 1.95. The highest BCUT2D eigenvalue weighted by Gasteiger charge is 2.16. The van der Waals surface area contributed by atoms with E-state index in [0.29, 0.717) is 13.2 Å². The SMILES string of the molecule is CCOc1cc(C(=O)OCC(=O)NCc2ccccc2)cc(Cl)c1O. The minimum Gasteiger partial charge on any atom is -0.503 e. The van der Waals surface area contributed by atoms with Gasteiger partial charge in [-0.2, -0.15) is 0 Å². The van der Waals surface area contributed by atoms with Crippen molar-refractivity contribution in [2.24, 2.45) is 0 Å². The van der Waals surface area contributed by atoms with Gasteiger partial charge in [0.15, 0.2) is 18.1 Å². The predicted molar refractivity (Wildman–Crippen MR) is 92.9 cm³/mol. The molecule has 0 saturated heterocycles. The highest BCUT2D eigenvalue weighted by Crippen LogP contribution is 2.35. The zero-order chi connectivity index (χ0) is 18.2. The van der Waals surface area contributed by atoms with Gasteiger partial charge in [-0.15, -0.1) is 0 Å². The fourth-order valence-corrected chi connectivity index (χ4v) is 2.23. The summed E-state index contributed by atoms with van der Waals surface area (Å²) in [5, 5.41) is 12.4. The van der Waals surface area contributed by atoms with E-state index in [4.69, 9.17) is 21.1 Å². The van der Waals surface area contributed by atoms with Gasteiger partial charge in [0.1, 0.15) is 0 Å². The van der Waals surface area contributed by atoms with Crippen LogP contribution in [0.5, 0.6) is 11.5 Å². The molecule has 1 amide bonds. The van der Waals surface area contributed by atoms with E-state index >= 15 is 0 Å². The van der Waals surface area contributed by atoms with Crippen molar-refractivity contribution in [3.05, 3.63) is 58.6 Å². The summed E-state index contributed by atoms with van der Waals surface area (Å²) in [6, 6.07) is 11.9. The average molecular weight is 364 g/mol. The van der Waals surface area contributed by atoms with Gasteiger partial charge in [-0.05, 0) is 24.6 Å². The quantitative estimate of drug-likeness (QED) is 0.739. The minimum absolute atomic E-state index is 0.0357. The van der Waals surface area contributed by atoms with Crippen LogP contribution in [-0.4, -0.2) is 30.2 Å². The molecule has 0 heterocycles. The smallest absolute Gasteiger partial charge is 0.338 e. The van der Waals surface area contributed by atoms with Crippen molar-refractivity contribution in [2.45, 2.75) is 13.5 Å². The maximum Gasteiger partial charge on any atom is 0.338 e. The number of amides is 1. The van der Waals surface area contributed by atoms with Crippen LogP contribution < -0.4 is 10.1 Å². The molecule has 25 heavy (non-hydrogen) atoms. The number of benzene rings is 2. The predicted octanol–water partition coefficient (Wildman–Crippen LogP) is 2.92. The third kappa shape index (κ3) is 5.39. The van der Waals surface area contributed by atoms with E-state index in [-0.39, 0.29) is 22.1 Å². The topological polar surface area (TPSA) is 84.9 Å². The standard InChI is InChI=1S/C18H18ClNO5/c1-2-24-15-9-13(8-14(19)17(15)22)18(23)25-11-16(21)20-10-12-6-4-3-5-7-12/h3-9,22H,2,10-11H2,1H3,(H,20,21). The van der Waals surface area contributed by atoms with Crippen molar-refractivity contribution in [1.29, 1.82) is 0 Å². The molecule has 0 bridgehead atoms. The van der Waals surface area contributed by atoms with Crippen molar-refractivity contribution in [3.8, 4) is 11.5 Å². The van der Waals surface area contributed by atoms with Crippen LogP contribution in [0.1, 0.15) is 22.8 Å². The fraction of sp³-hybridized carbons (Fsp3) is 0.222. The average Bonchev–Trinajstić information content (AvgIpc) is 2.62. The van der Waals surface area contributed by atoms with Gasteiger partial charge in [-0.3, -0.25) is 4.79 Å². The number of carbonyl (C=O) groups is 2. The Morgan fingerprint density at radius 1 is 1.20 bits per heavy atom. The van der Waals surface area contributed by atoms with Crippen LogP contribution >= 0.6 is 11.6 Å². The molecule has 132 valence electrons. The molecule has 2 aromatic rings. The summed E-state index contributed by atoms with van der Waals surface area (Å²) in [7, 11) is 0. The van der Waals surface area contributed by atoms with E-state index in [0.717, 1.165) is 5.56 Å². The number of rotatable bonds is 7. The Kier molecular flexibility index (Phi) is 6.65. The molecule has 0 radical (unpaired) electrons. The Labute approximate surface area is 150 Å². The first-order valence-electron chi connectivity index (χ1n) is 7.64. The van der Waals surface area contributed by atoms with Crippen molar-refractivity contribution >= 4 is 23.5 Å². The number of hydrogen-bond donors (Lipinski definition) is 2. The zero-order valence-corrected chi connectivity index (χ0v) is 14.4. The van der Waals surface area contributed by atoms with E-state index in [1.54, 1.807) is 6.92 Å². The molecular weight excluding hydrogens is 346 g/mol. The monoisotopic (exact) mass is 363 g/mol. The highest BCUT2D eigenvalue weighted by molar-refractivity contribution is 6.32. The molecule has 2 N–H and O–H groups in total. The lowest BCUT2D eigenvalue weighted by Crippen LogP contribution is -2.28. The molecule has 6 nitrogen and oxygen atoms in total. The van der Waals surface area contributed by atoms with Crippen LogP contribution in [0.25, 0.3) is 0 Å². The van der Waals surface area contributed by atoms with Crippen LogP contribution in [0.3, 0.4) is 0 Å². The number of carbonyl (C=O) groups excluding carboxylic acids is 2. The molecule has 2 aromatic carbocycles. The second-order valence-corrected chi connectivity index (χ2v) is 5.48. The third-order valence-corrected chi connectivity index (χ3v) is 3.52. The van der Waals surface area contributed by atoms with Gasteiger partial charge in [-0.25, -0.2) is 4.79 Å². The molecule has 0 aliphatic rings. The molecule has 0 aliphatic heterocycles. The van der Waals surface area contributed by atoms with Crippen LogP contribution in [0.15, 0.2) is 42.5 Å². The number of aromatic hydroxyl groups is 1. The molecule has 7 heteroatoms. The summed E-state index contributed by atoms with van der Waals surface area (Å²) in [6.07, 6.45) is 0. The normalized spacial score (nSPS) is 10.2. The molecule has 0 fully saturated rings. The van der Waals surface area contributed by atoms with Gasteiger partial charge in [0, 0.05) is 6.54 Å². The molecule has 0 aromatic heterocycles. The maximum atomic E-state index is 12.0. The van der Waals surface area contributed by atoms with Gasteiger partial charge in [-0.1, -0.05) is 41.9 Å². The Hall–Kier alpha value is -2.73. The fourth-order valence-electron chi connectivity index (χ4n) is 2.02. The van der Waals surface area contributed by atoms with Gasteiger partial charge in [0.2, 0.25) is 0 Å². The van der Waals surface area contributed by atoms with Gasteiger partial charge < -0.3 is 19.9 Å². The third-order valence-electron chi connectivity index (χ3n) is 3.23. The van der Waals surface area contributed by atoms with E-state index < -0.39 is 18.5 Å². The van der Waals surface area contributed by atoms with E-state index in [1.165, 1.54) is 12.1 Å². The number of phenols is 1. The molecule has 0 spiro atoms. The number of halogens is 1. The van der Waals surface area contributed by atoms with Crippen molar-refractivity contribution < 1.29 is 24.2 Å². The summed E-state index contributed by atoms with van der Waals surface area (Å²) < 4.78 is 10.2. The number of phenolic OH excluding ortho intramolecular Hbond substituents is 1. The van der Waals surface area contributed by atoms with E-state index in [9.17, 15) is 14.7 Å². The Bertz CT molecular complexity index is 749. The first kappa shape index (κ1) is 18.6. The maximum absolute atomic E-state index is 12.0. The Balaban J connectivity index is 1.90. The molecular formula is C18H18ClNO5. The number of hydrogen-bond acceptors (Lipinski definition) is 5. The number of nitrogens with one attached hydrogen (secondary N) is 1. The molecule has 2 rings (SSSR count). The van der Waals surface area contributed by atoms with E-state index in [1.807, 2.05) is 30.3 Å². The number of esters is 1. The van der Waals surface area contributed by atoms with Crippen LogP contribution in [-0.2, 0) is 16.1 Å². The molecule has 0 aliphatic carbocycles. The lowest BCUT2D eigenvalue weighted by molar-refractivity contribution is -0.124. The summed E-state index contributed by atoms with van der Waals surface area (Å²) in [5.41, 5.74) is 1.02. The van der Waals surface area contributed by atoms with E-state index in [2.05, 4.69) is 5.32 Å². The van der Waals surface area contributed by atoms with Crippen LogP contribution in [0.4, 0.5) is 0 Å². The van der Waals surface area contributed by atoms with Crippen molar-refractivity contribution in [1.82, 2.24) is 5.32 Å². The van der Waals surface area contributed by atoms with Gasteiger partial charge in [0.05, 0.1) is 17.2 Å². The highest BCUT2D eigenvalue weighted by atomic mass is 35.5. The minimum atomic E-state index is -0.738. The first-order chi connectivity index (χ1) is 12.0. The summed E-state index contributed by atoms with van der Waals surface area (Å²) >= 11 is 5.86. The Morgan fingerprint density at radius 2 is 1.92 bits per heavy atom. The van der Waals surface area contributed by atoms with Crippen LogP contribution in [0.2, 0.25) is 5.02 Å². The summed E-state index contributed by atoms with van der Waals surface area (Å²) in [4.78, 5) is 23.8. The first-order valence-corrected chi connectivity index (χ1v) is 8.02. The van der Waals surface area contributed by atoms with Gasteiger partial charge >= 0.3 is 5.97 Å². The molecule has 0 saturated carbocycles. The second kappa shape index (κ2) is 8.94. The summed E-state index contributed by atoms with van der Waals surface area (Å²) in [5.74, 6) is -1.33. The van der Waals surface area contributed by atoms with Crippen molar-refractivity contribution in [3.63, 3.8) is 0 Å². The largest absolute Gasteiger partial charge is 0.503 e. The van der Waals surface area contributed by atoms with Gasteiger partial charge in [0.25, 0.3) is 5.91 Å². The second-order valence-electron chi connectivity index (χ2n) is 5.08. The lowest BCUT2D eigenvalue weighted by atomic mass is 10.2. The Morgan fingerprint density at radius 3 is 2.60 bits per heavy atom. The van der Waals surface area contributed by atoms with Crippen molar-refractivity contribution in [2.75, 3.05) is 13.2 Å². The zero-order valence-electron chi connectivity index (χ0n) is 13.6. The lowest BCUT2D eigenvalue weighted by Gasteiger charge is -2.10.